The zero-order chi connectivity index (χ0) is 21.2. The van der Waals surface area contributed by atoms with E-state index in [0.29, 0.717) is 5.92 Å². The molecule has 1 aliphatic carbocycles. The van der Waals surface area contributed by atoms with Gasteiger partial charge in [-0.2, -0.15) is 0 Å². The van der Waals surface area contributed by atoms with Gasteiger partial charge in [-0.15, -0.1) is 11.3 Å². The molecular formula is C23H33N5O2S. The number of carbonyl (C=O) groups is 1. The smallest absolute Gasteiger partial charge is 0.216 e. The van der Waals surface area contributed by atoms with Crippen LogP contribution in [0.15, 0.2) is 0 Å². The van der Waals surface area contributed by atoms with Gasteiger partial charge < -0.3 is 15.0 Å². The fraction of sp³-hybridized carbons (Fsp3) is 0.696. The summed E-state index contributed by atoms with van der Waals surface area (Å²) in [6.07, 6.45) is 7.18. The van der Waals surface area contributed by atoms with Crippen LogP contribution in [0, 0.1) is 5.92 Å². The SMILES string of the molecule is CC(=O)NCC1CCCN(c2nc(CN3CCOCC3)nc3sc4c(c23)CCCC4)C1. The van der Waals surface area contributed by atoms with Crippen LogP contribution in [0.2, 0.25) is 0 Å². The van der Waals surface area contributed by atoms with E-state index in [1.807, 2.05) is 11.3 Å². The van der Waals surface area contributed by atoms with Crippen LogP contribution in [0.1, 0.15) is 48.9 Å². The van der Waals surface area contributed by atoms with Gasteiger partial charge in [0.25, 0.3) is 0 Å². The molecule has 2 aliphatic heterocycles. The number of morpholine rings is 1. The summed E-state index contributed by atoms with van der Waals surface area (Å²) in [5.41, 5.74) is 1.50. The van der Waals surface area contributed by atoms with E-state index in [1.54, 1.807) is 6.92 Å². The molecule has 2 aromatic heterocycles. The summed E-state index contributed by atoms with van der Waals surface area (Å²) in [5, 5.41) is 4.33. The van der Waals surface area contributed by atoms with Gasteiger partial charge in [-0.3, -0.25) is 9.69 Å². The molecule has 0 spiro atoms. The molecule has 1 amide bonds. The number of hydrogen-bond acceptors (Lipinski definition) is 7. The molecular weight excluding hydrogens is 410 g/mol. The summed E-state index contributed by atoms with van der Waals surface area (Å²) in [5.74, 6) is 2.60. The number of carbonyl (C=O) groups excluding carboxylic acids is 1. The Kier molecular flexibility index (Phi) is 6.39. The number of fused-ring (bicyclic) bond motifs is 3. The Morgan fingerprint density at radius 3 is 2.84 bits per heavy atom. The third-order valence-electron chi connectivity index (χ3n) is 6.77. The Bertz CT molecular complexity index is 940. The number of aryl methyl sites for hydroxylation is 2. The van der Waals surface area contributed by atoms with E-state index in [-0.39, 0.29) is 5.91 Å². The van der Waals surface area contributed by atoms with Gasteiger partial charge in [0.1, 0.15) is 16.5 Å². The van der Waals surface area contributed by atoms with Crippen LogP contribution in [0.5, 0.6) is 0 Å². The van der Waals surface area contributed by atoms with E-state index < -0.39 is 0 Å². The number of hydrogen-bond donors (Lipinski definition) is 1. The van der Waals surface area contributed by atoms with Crippen molar-refractivity contribution in [2.75, 3.05) is 50.8 Å². The molecule has 31 heavy (non-hydrogen) atoms. The van der Waals surface area contributed by atoms with E-state index in [4.69, 9.17) is 14.7 Å². The molecule has 0 aromatic carbocycles. The molecule has 168 valence electrons. The highest BCUT2D eigenvalue weighted by atomic mass is 32.1. The Labute approximate surface area is 188 Å². The largest absolute Gasteiger partial charge is 0.379 e. The molecule has 2 fully saturated rings. The number of ether oxygens (including phenoxy) is 1. The number of thiophene rings is 1. The molecule has 4 heterocycles. The minimum Gasteiger partial charge on any atom is -0.379 e. The Morgan fingerprint density at radius 2 is 2.00 bits per heavy atom. The van der Waals surface area contributed by atoms with Crippen LogP contribution in [0.25, 0.3) is 10.2 Å². The molecule has 2 aromatic rings. The average molecular weight is 444 g/mol. The van der Waals surface area contributed by atoms with Gasteiger partial charge >= 0.3 is 0 Å². The first kappa shape index (κ1) is 21.1. The molecule has 7 nitrogen and oxygen atoms in total. The third-order valence-corrected chi connectivity index (χ3v) is 7.95. The molecule has 1 unspecified atom stereocenters. The van der Waals surface area contributed by atoms with Gasteiger partial charge in [-0.1, -0.05) is 0 Å². The van der Waals surface area contributed by atoms with E-state index in [0.717, 1.165) is 83.4 Å². The van der Waals surface area contributed by atoms with Crippen molar-refractivity contribution in [3.8, 4) is 0 Å². The fourth-order valence-electron chi connectivity index (χ4n) is 5.15. The van der Waals surface area contributed by atoms with Crippen molar-refractivity contribution in [2.45, 2.75) is 52.0 Å². The van der Waals surface area contributed by atoms with Crippen LogP contribution < -0.4 is 10.2 Å². The van der Waals surface area contributed by atoms with Crippen molar-refractivity contribution >= 4 is 33.3 Å². The van der Waals surface area contributed by atoms with Crippen molar-refractivity contribution in [1.29, 1.82) is 0 Å². The maximum Gasteiger partial charge on any atom is 0.216 e. The molecule has 1 N–H and O–H groups in total. The lowest BCUT2D eigenvalue weighted by atomic mass is 9.95. The number of nitrogens with one attached hydrogen (secondary N) is 1. The minimum absolute atomic E-state index is 0.0567. The summed E-state index contributed by atoms with van der Waals surface area (Å²) < 4.78 is 5.51. The first-order chi connectivity index (χ1) is 15.2. The predicted molar refractivity (Wildman–Crippen MR) is 124 cm³/mol. The second-order valence-corrected chi connectivity index (χ2v) is 10.2. The second kappa shape index (κ2) is 9.38. The summed E-state index contributed by atoms with van der Waals surface area (Å²) >= 11 is 1.89. The number of anilines is 1. The minimum atomic E-state index is 0.0567. The molecule has 3 aliphatic rings. The monoisotopic (exact) mass is 443 g/mol. The van der Waals surface area contributed by atoms with Crippen LogP contribution in [0.3, 0.4) is 0 Å². The summed E-state index contributed by atoms with van der Waals surface area (Å²) in [6.45, 7) is 8.60. The number of rotatable bonds is 5. The number of amides is 1. The third kappa shape index (κ3) is 4.71. The first-order valence-electron chi connectivity index (χ1n) is 11.8. The highest BCUT2D eigenvalue weighted by Crippen LogP contribution is 2.40. The molecule has 1 atom stereocenters. The fourth-order valence-corrected chi connectivity index (χ4v) is 6.43. The zero-order valence-electron chi connectivity index (χ0n) is 18.5. The number of piperidine rings is 1. The first-order valence-corrected chi connectivity index (χ1v) is 12.6. The second-order valence-electron chi connectivity index (χ2n) is 9.13. The topological polar surface area (TPSA) is 70.6 Å². The maximum atomic E-state index is 11.4. The van der Waals surface area contributed by atoms with Crippen molar-refractivity contribution in [1.82, 2.24) is 20.2 Å². The average Bonchev–Trinajstić information content (AvgIpc) is 3.16. The van der Waals surface area contributed by atoms with Crippen molar-refractivity contribution in [2.24, 2.45) is 5.92 Å². The van der Waals surface area contributed by atoms with Crippen LogP contribution in [-0.4, -0.2) is 66.7 Å². The Hall–Kier alpha value is -1.77. The van der Waals surface area contributed by atoms with Gasteiger partial charge in [0.05, 0.1) is 25.1 Å². The highest BCUT2D eigenvalue weighted by Gasteiger charge is 2.28. The van der Waals surface area contributed by atoms with Gasteiger partial charge in [0, 0.05) is 44.5 Å². The standard InChI is InChI=1S/C23H33N5O2S/c1-16(29)24-13-17-5-4-8-28(14-17)22-21-18-6-2-3-7-19(18)31-23(21)26-20(25-22)15-27-9-11-30-12-10-27/h17H,2-15H2,1H3,(H,24,29). The van der Waals surface area contributed by atoms with Gasteiger partial charge in [0.2, 0.25) is 5.91 Å². The lowest BCUT2D eigenvalue weighted by Crippen LogP contribution is -2.41. The van der Waals surface area contributed by atoms with Gasteiger partial charge in [0.15, 0.2) is 0 Å². The maximum absolute atomic E-state index is 11.4. The molecule has 8 heteroatoms. The summed E-state index contributed by atoms with van der Waals surface area (Å²) in [7, 11) is 0. The van der Waals surface area contributed by atoms with Crippen LogP contribution >= 0.6 is 11.3 Å². The van der Waals surface area contributed by atoms with Crippen molar-refractivity contribution in [3.05, 3.63) is 16.3 Å². The Balaban J connectivity index is 1.48. The van der Waals surface area contributed by atoms with Crippen LogP contribution in [0.4, 0.5) is 5.82 Å². The van der Waals surface area contributed by atoms with Gasteiger partial charge in [-0.05, 0) is 50.0 Å². The summed E-state index contributed by atoms with van der Waals surface area (Å²) in [6, 6.07) is 0. The molecule has 5 rings (SSSR count). The molecule has 0 radical (unpaired) electrons. The number of aromatic nitrogens is 2. The highest BCUT2D eigenvalue weighted by molar-refractivity contribution is 7.19. The zero-order valence-corrected chi connectivity index (χ0v) is 19.3. The van der Waals surface area contributed by atoms with E-state index in [2.05, 4.69) is 15.1 Å². The van der Waals surface area contributed by atoms with E-state index in [9.17, 15) is 4.79 Å². The van der Waals surface area contributed by atoms with Crippen molar-refractivity contribution in [3.63, 3.8) is 0 Å². The Morgan fingerprint density at radius 1 is 1.16 bits per heavy atom. The van der Waals surface area contributed by atoms with Crippen molar-refractivity contribution < 1.29 is 9.53 Å². The normalized spacial score (nSPS) is 22.5. The number of nitrogens with zero attached hydrogens (tertiary/aromatic N) is 4. The molecule has 0 bridgehead atoms. The molecule has 2 saturated heterocycles. The summed E-state index contributed by atoms with van der Waals surface area (Å²) in [4.78, 5) is 29.2. The van der Waals surface area contributed by atoms with Crippen LogP contribution in [-0.2, 0) is 28.9 Å². The van der Waals surface area contributed by atoms with Gasteiger partial charge in [-0.25, -0.2) is 9.97 Å². The molecule has 0 saturated carbocycles. The van der Waals surface area contributed by atoms with E-state index >= 15 is 0 Å². The quantitative estimate of drug-likeness (QED) is 0.766. The lowest BCUT2D eigenvalue weighted by Gasteiger charge is -2.34. The van der Waals surface area contributed by atoms with E-state index in [1.165, 1.54) is 39.9 Å². The lowest BCUT2D eigenvalue weighted by molar-refractivity contribution is -0.119. The predicted octanol–water partition coefficient (Wildman–Crippen LogP) is 2.75.